The number of Topliss-reactive ketones (excluding diaryl/α,β-unsaturated/α-hetero) is 2. The number of carbonyl (C=O) groups is 3. The van der Waals surface area contributed by atoms with E-state index in [1.807, 2.05) is 71.6 Å². The SMILES string of the molecule is O=C(c1ccccc1)[C@@H]1[C@H](C(=O)c2ccc(F)cc2)[C@]2(C(=O)Nc3ccccc32)[C@H]2C=Cc3ccccc3N12. The second-order valence-electron chi connectivity index (χ2n) is 10.2. The summed E-state index contributed by atoms with van der Waals surface area (Å²) >= 11 is 0. The van der Waals surface area contributed by atoms with Gasteiger partial charge in [-0.15, -0.1) is 0 Å². The molecule has 1 fully saturated rings. The van der Waals surface area contributed by atoms with E-state index in [0.29, 0.717) is 16.8 Å². The molecule has 3 heterocycles. The number of hydrogen-bond acceptors (Lipinski definition) is 4. The van der Waals surface area contributed by atoms with Crippen molar-refractivity contribution in [3.8, 4) is 0 Å². The van der Waals surface area contributed by atoms with Gasteiger partial charge in [0, 0.05) is 22.5 Å². The van der Waals surface area contributed by atoms with Crippen molar-refractivity contribution in [3.63, 3.8) is 0 Å². The van der Waals surface area contributed by atoms with E-state index in [1.165, 1.54) is 24.3 Å². The van der Waals surface area contributed by atoms with E-state index in [2.05, 4.69) is 5.32 Å². The lowest BCUT2D eigenvalue weighted by atomic mass is 9.64. The smallest absolute Gasteiger partial charge is 0.238 e. The molecule has 0 saturated carbocycles. The Balaban J connectivity index is 1.54. The molecule has 5 nitrogen and oxygen atoms in total. The number of nitrogens with one attached hydrogen (secondary N) is 1. The molecule has 4 aromatic carbocycles. The zero-order chi connectivity index (χ0) is 26.7. The molecule has 3 aliphatic heterocycles. The van der Waals surface area contributed by atoms with E-state index in [9.17, 15) is 18.8 Å². The Kier molecular flexibility index (Phi) is 5.13. The maximum absolute atomic E-state index is 14.6. The van der Waals surface area contributed by atoms with Crippen LogP contribution in [0.15, 0.2) is 109 Å². The molecule has 39 heavy (non-hydrogen) atoms. The molecule has 0 unspecified atom stereocenters. The largest absolute Gasteiger partial charge is 0.352 e. The number of amides is 1. The van der Waals surface area contributed by atoms with Gasteiger partial charge in [-0.05, 0) is 47.5 Å². The maximum atomic E-state index is 14.6. The molecule has 4 aromatic rings. The van der Waals surface area contributed by atoms with Gasteiger partial charge in [-0.25, -0.2) is 4.39 Å². The summed E-state index contributed by atoms with van der Waals surface area (Å²) in [5, 5.41) is 3.01. The van der Waals surface area contributed by atoms with Crippen molar-refractivity contribution in [2.75, 3.05) is 10.2 Å². The molecule has 1 N–H and O–H groups in total. The Morgan fingerprint density at radius 2 is 1.44 bits per heavy atom. The van der Waals surface area contributed by atoms with Crippen LogP contribution in [0.2, 0.25) is 0 Å². The average molecular weight is 515 g/mol. The van der Waals surface area contributed by atoms with E-state index in [4.69, 9.17) is 0 Å². The molecular weight excluding hydrogens is 491 g/mol. The molecule has 0 aliphatic carbocycles. The lowest BCUT2D eigenvalue weighted by molar-refractivity contribution is -0.121. The van der Waals surface area contributed by atoms with Gasteiger partial charge in [-0.2, -0.15) is 0 Å². The van der Waals surface area contributed by atoms with E-state index >= 15 is 0 Å². The Labute approximate surface area is 224 Å². The van der Waals surface area contributed by atoms with Crippen LogP contribution in [-0.2, 0) is 10.2 Å². The minimum Gasteiger partial charge on any atom is -0.352 e. The minimum absolute atomic E-state index is 0.250. The van der Waals surface area contributed by atoms with Crippen molar-refractivity contribution in [2.24, 2.45) is 5.92 Å². The van der Waals surface area contributed by atoms with Gasteiger partial charge in [-0.1, -0.05) is 78.9 Å². The van der Waals surface area contributed by atoms with Crippen molar-refractivity contribution in [1.29, 1.82) is 0 Å². The molecule has 0 radical (unpaired) electrons. The van der Waals surface area contributed by atoms with Gasteiger partial charge < -0.3 is 10.2 Å². The Bertz CT molecular complexity index is 1680. The highest BCUT2D eigenvalue weighted by Crippen LogP contribution is 2.58. The number of halogens is 1. The molecule has 190 valence electrons. The van der Waals surface area contributed by atoms with Crippen molar-refractivity contribution < 1.29 is 18.8 Å². The number of para-hydroxylation sites is 2. The third kappa shape index (κ3) is 3.21. The van der Waals surface area contributed by atoms with Gasteiger partial charge in [0.05, 0.1) is 12.0 Å². The van der Waals surface area contributed by atoms with E-state index < -0.39 is 29.2 Å². The van der Waals surface area contributed by atoms with Crippen LogP contribution in [0.25, 0.3) is 6.08 Å². The first-order chi connectivity index (χ1) is 19.0. The van der Waals surface area contributed by atoms with Gasteiger partial charge in [0.1, 0.15) is 17.3 Å². The first kappa shape index (κ1) is 23.3. The summed E-state index contributed by atoms with van der Waals surface area (Å²) in [5.41, 5.74) is 2.30. The normalized spacial score (nSPS) is 24.2. The number of anilines is 2. The highest BCUT2D eigenvalue weighted by Gasteiger charge is 2.70. The zero-order valence-corrected chi connectivity index (χ0v) is 20.8. The number of fused-ring (bicyclic) bond motifs is 6. The topological polar surface area (TPSA) is 66.5 Å². The van der Waals surface area contributed by atoms with Crippen molar-refractivity contribution in [3.05, 3.63) is 137 Å². The van der Waals surface area contributed by atoms with Crippen LogP contribution in [-0.4, -0.2) is 29.6 Å². The van der Waals surface area contributed by atoms with Crippen LogP contribution in [0.3, 0.4) is 0 Å². The predicted molar refractivity (Wildman–Crippen MR) is 147 cm³/mol. The van der Waals surface area contributed by atoms with Gasteiger partial charge >= 0.3 is 0 Å². The van der Waals surface area contributed by atoms with Gasteiger partial charge in [0.15, 0.2) is 11.6 Å². The number of ketones is 2. The predicted octanol–water partition coefficient (Wildman–Crippen LogP) is 5.68. The minimum atomic E-state index is -1.39. The molecule has 1 amide bonds. The molecule has 1 spiro atoms. The number of nitrogens with zero attached hydrogens (tertiary/aromatic N) is 1. The Hall–Kier alpha value is -4.84. The number of rotatable bonds is 4. The fourth-order valence-electron chi connectivity index (χ4n) is 6.69. The molecule has 1 saturated heterocycles. The summed E-state index contributed by atoms with van der Waals surface area (Å²) in [7, 11) is 0. The number of benzene rings is 4. The fourth-order valence-corrected chi connectivity index (χ4v) is 6.69. The van der Waals surface area contributed by atoms with Crippen molar-refractivity contribution >= 4 is 34.9 Å². The fraction of sp³-hybridized carbons (Fsp3) is 0.121. The standard InChI is InChI=1S/C33H23FN2O3/c34-23-17-14-22(15-18-23)30(37)28-29(31(38)21-9-2-1-3-10-21)36-26-13-7-4-8-20(26)16-19-27(36)33(28)24-11-5-6-12-25(24)35-32(33)39/h1-19,27-29H,(H,35,39)/t27-,28-,29+,33-/m1/s1. The molecule has 0 bridgehead atoms. The van der Waals surface area contributed by atoms with Crippen molar-refractivity contribution in [1.82, 2.24) is 0 Å². The second kappa shape index (κ2) is 8.60. The van der Waals surface area contributed by atoms with Gasteiger partial charge in [0.25, 0.3) is 0 Å². The second-order valence-corrected chi connectivity index (χ2v) is 10.2. The summed E-state index contributed by atoms with van der Waals surface area (Å²) in [6.07, 6.45) is 3.90. The quantitative estimate of drug-likeness (QED) is 0.356. The van der Waals surface area contributed by atoms with Crippen LogP contribution < -0.4 is 10.2 Å². The third-order valence-electron chi connectivity index (χ3n) is 8.28. The summed E-state index contributed by atoms with van der Waals surface area (Å²) in [5.74, 6) is -2.51. The zero-order valence-electron chi connectivity index (χ0n) is 20.8. The molecular formula is C33H23FN2O3. The van der Waals surface area contributed by atoms with Gasteiger partial charge in [-0.3, -0.25) is 14.4 Å². The molecule has 7 rings (SSSR count). The lowest BCUT2D eigenvalue weighted by Gasteiger charge is -2.37. The molecule has 6 heteroatoms. The van der Waals surface area contributed by atoms with Crippen LogP contribution in [0.4, 0.5) is 15.8 Å². The summed E-state index contributed by atoms with van der Waals surface area (Å²) in [6.45, 7) is 0. The van der Waals surface area contributed by atoms with Crippen molar-refractivity contribution in [2.45, 2.75) is 17.5 Å². The highest BCUT2D eigenvalue weighted by molar-refractivity contribution is 6.18. The number of hydrogen-bond donors (Lipinski definition) is 1. The first-order valence-electron chi connectivity index (χ1n) is 12.9. The van der Waals surface area contributed by atoms with E-state index in [1.54, 1.807) is 24.3 Å². The summed E-state index contributed by atoms with van der Waals surface area (Å²) in [6, 6.07) is 27.6. The van der Waals surface area contributed by atoms with Crippen LogP contribution >= 0.6 is 0 Å². The molecule has 3 aliphatic rings. The first-order valence-corrected chi connectivity index (χ1v) is 12.9. The molecule has 0 aromatic heterocycles. The van der Waals surface area contributed by atoms with Crippen LogP contribution in [0.5, 0.6) is 0 Å². The highest BCUT2D eigenvalue weighted by atomic mass is 19.1. The van der Waals surface area contributed by atoms with Crippen LogP contribution in [0, 0.1) is 11.7 Å². The maximum Gasteiger partial charge on any atom is 0.238 e. The Morgan fingerprint density at radius 1 is 0.769 bits per heavy atom. The average Bonchev–Trinajstić information content (AvgIpc) is 3.45. The van der Waals surface area contributed by atoms with E-state index in [-0.39, 0.29) is 23.0 Å². The third-order valence-corrected chi connectivity index (χ3v) is 8.28. The monoisotopic (exact) mass is 514 g/mol. The van der Waals surface area contributed by atoms with E-state index in [0.717, 1.165) is 11.3 Å². The Morgan fingerprint density at radius 3 is 2.23 bits per heavy atom. The molecule has 4 atom stereocenters. The summed E-state index contributed by atoms with van der Waals surface area (Å²) < 4.78 is 13.9. The van der Waals surface area contributed by atoms with Gasteiger partial charge in [0.2, 0.25) is 5.91 Å². The van der Waals surface area contributed by atoms with Crippen LogP contribution in [0.1, 0.15) is 31.8 Å². The number of carbonyl (C=O) groups excluding carboxylic acids is 3. The summed E-state index contributed by atoms with van der Waals surface area (Å²) in [4.78, 5) is 45.2. The lowest BCUT2D eigenvalue weighted by Crippen LogP contribution is -2.51.